The number of hydrogen-bond acceptors (Lipinski definition) is 4. The monoisotopic (exact) mass is 286 g/mol. The fraction of sp³-hybridized carbons (Fsp3) is 0.417. The van der Waals surface area contributed by atoms with E-state index in [1.165, 1.54) is 0 Å². The van der Waals surface area contributed by atoms with Crippen molar-refractivity contribution in [2.24, 2.45) is 5.73 Å². The maximum absolute atomic E-state index is 11.6. The van der Waals surface area contributed by atoms with E-state index in [2.05, 4.69) is 4.72 Å². The second-order valence-corrected chi connectivity index (χ2v) is 6.04. The van der Waals surface area contributed by atoms with Crippen molar-refractivity contribution < 1.29 is 18.3 Å². The zero-order valence-corrected chi connectivity index (χ0v) is 11.3. The molecule has 1 rings (SSSR count). The summed E-state index contributed by atoms with van der Waals surface area (Å²) in [6, 6.07) is 7.30. The van der Waals surface area contributed by atoms with Gasteiger partial charge in [-0.3, -0.25) is 4.79 Å². The minimum Gasteiger partial charge on any atom is -0.481 e. The third kappa shape index (κ3) is 5.82. The highest BCUT2D eigenvalue weighted by Crippen LogP contribution is 2.08. The maximum atomic E-state index is 11.6. The molecule has 0 aliphatic rings. The normalized spacial score (nSPS) is 11.4. The zero-order valence-electron chi connectivity index (χ0n) is 10.5. The molecule has 0 heterocycles. The van der Waals surface area contributed by atoms with Crippen LogP contribution in [0.15, 0.2) is 24.3 Å². The summed E-state index contributed by atoms with van der Waals surface area (Å²) in [6.07, 6.45) is -0.0521. The van der Waals surface area contributed by atoms with Gasteiger partial charge in [0.25, 0.3) is 0 Å². The zero-order chi connectivity index (χ0) is 14.3. The molecular formula is C12H18N2O4S. The molecule has 0 atom stereocenters. The number of carboxylic acid groups (broad SMARTS) is 1. The predicted molar refractivity (Wildman–Crippen MR) is 71.8 cm³/mol. The average Bonchev–Trinajstić information content (AvgIpc) is 2.36. The SMILES string of the molecule is NCc1ccccc1CNS(=O)(=O)CCCC(=O)O. The Bertz CT molecular complexity index is 528. The van der Waals surface area contributed by atoms with Crippen LogP contribution in [0.5, 0.6) is 0 Å². The number of hydrogen-bond donors (Lipinski definition) is 3. The smallest absolute Gasteiger partial charge is 0.303 e. The van der Waals surface area contributed by atoms with Crippen LogP contribution in [-0.4, -0.2) is 25.2 Å². The summed E-state index contributed by atoms with van der Waals surface area (Å²) in [5.74, 6) is -1.19. The molecular weight excluding hydrogens is 268 g/mol. The van der Waals surface area contributed by atoms with E-state index in [4.69, 9.17) is 10.8 Å². The molecule has 0 radical (unpaired) electrons. The number of benzene rings is 1. The van der Waals surface area contributed by atoms with Crippen LogP contribution in [0.1, 0.15) is 24.0 Å². The van der Waals surface area contributed by atoms with Crippen molar-refractivity contribution >= 4 is 16.0 Å². The molecule has 0 saturated carbocycles. The molecule has 1 aromatic carbocycles. The summed E-state index contributed by atoms with van der Waals surface area (Å²) >= 11 is 0. The van der Waals surface area contributed by atoms with Crippen LogP contribution in [-0.2, 0) is 27.9 Å². The van der Waals surface area contributed by atoms with Gasteiger partial charge in [-0.1, -0.05) is 24.3 Å². The van der Waals surface area contributed by atoms with Crippen molar-refractivity contribution in [3.05, 3.63) is 35.4 Å². The van der Waals surface area contributed by atoms with Gasteiger partial charge < -0.3 is 10.8 Å². The average molecular weight is 286 g/mol. The number of carboxylic acids is 1. The molecule has 0 unspecified atom stereocenters. The fourth-order valence-electron chi connectivity index (χ4n) is 1.60. The van der Waals surface area contributed by atoms with Gasteiger partial charge >= 0.3 is 5.97 Å². The summed E-state index contributed by atoms with van der Waals surface area (Å²) in [7, 11) is -3.45. The van der Waals surface area contributed by atoms with Gasteiger partial charge in [-0.25, -0.2) is 13.1 Å². The third-order valence-corrected chi connectivity index (χ3v) is 4.03. The Hall–Kier alpha value is -1.44. The lowest BCUT2D eigenvalue weighted by Gasteiger charge is -2.09. The molecule has 1 aromatic rings. The van der Waals surface area contributed by atoms with Gasteiger partial charge in [-0.15, -0.1) is 0 Å². The van der Waals surface area contributed by atoms with Gasteiger partial charge in [0, 0.05) is 19.5 Å². The standard InChI is InChI=1S/C12H18N2O4S/c13-8-10-4-1-2-5-11(10)9-14-19(17,18)7-3-6-12(15)16/h1-2,4-5,14H,3,6-9,13H2,(H,15,16). The quantitative estimate of drug-likeness (QED) is 0.642. The number of nitrogens with two attached hydrogens (primary N) is 1. The molecule has 0 saturated heterocycles. The van der Waals surface area contributed by atoms with Gasteiger partial charge in [0.1, 0.15) is 0 Å². The van der Waals surface area contributed by atoms with Crippen molar-refractivity contribution in [2.75, 3.05) is 5.75 Å². The molecule has 0 fully saturated rings. The Morgan fingerprint density at radius 3 is 2.47 bits per heavy atom. The molecule has 0 amide bonds. The van der Waals surface area contributed by atoms with Gasteiger partial charge in [0.15, 0.2) is 0 Å². The Labute approximate surface area is 112 Å². The first-order chi connectivity index (χ1) is 8.94. The van der Waals surface area contributed by atoms with E-state index >= 15 is 0 Å². The highest BCUT2D eigenvalue weighted by Gasteiger charge is 2.11. The molecule has 0 aliphatic heterocycles. The van der Waals surface area contributed by atoms with Gasteiger partial charge in [-0.05, 0) is 17.5 Å². The Kier molecular flexibility index (Phi) is 5.94. The van der Waals surface area contributed by atoms with Crippen molar-refractivity contribution in [3.8, 4) is 0 Å². The van der Waals surface area contributed by atoms with Crippen molar-refractivity contribution in [1.29, 1.82) is 0 Å². The van der Waals surface area contributed by atoms with Gasteiger partial charge in [0.2, 0.25) is 10.0 Å². The highest BCUT2D eigenvalue weighted by molar-refractivity contribution is 7.89. The van der Waals surface area contributed by atoms with E-state index in [9.17, 15) is 13.2 Å². The number of carbonyl (C=O) groups is 1. The fourth-order valence-corrected chi connectivity index (χ4v) is 2.65. The topological polar surface area (TPSA) is 109 Å². The minimum atomic E-state index is -3.45. The van der Waals surface area contributed by atoms with Crippen LogP contribution >= 0.6 is 0 Å². The van der Waals surface area contributed by atoms with Crippen LogP contribution in [0, 0.1) is 0 Å². The Morgan fingerprint density at radius 2 is 1.89 bits per heavy atom. The lowest BCUT2D eigenvalue weighted by Crippen LogP contribution is -2.26. The molecule has 7 heteroatoms. The van der Waals surface area contributed by atoms with E-state index in [0.29, 0.717) is 6.54 Å². The minimum absolute atomic E-state index is 0.100. The van der Waals surface area contributed by atoms with Crippen LogP contribution in [0.25, 0.3) is 0 Å². The Morgan fingerprint density at radius 1 is 1.26 bits per heavy atom. The van der Waals surface area contributed by atoms with E-state index in [0.717, 1.165) is 11.1 Å². The van der Waals surface area contributed by atoms with Crippen LogP contribution in [0.4, 0.5) is 0 Å². The molecule has 4 N–H and O–H groups in total. The van der Waals surface area contributed by atoms with Crippen LogP contribution in [0.2, 0.25) is 0 Å². The summed E-state index contributed by atoms with van der Waals surface area (Å²) < 4.78 is 25.7. The summed E-state index contributed by atoms with van der Waals surface area (Å²) in [5, 5.41) is 8.46. The lowest BCUT2D eigenvalue weighted by molar-refractivity contribution is -0.137. The second kappa shape index (κ2) is 7.22. The molecule has 0 aromatic heterocycles. The first-order valence-electron chi connectivity index (χ1n) is 5.90. The summed E-state index contributed by atoms with van der Waals surface area (Å²) in [5.41, 5.74) is 7.27. The molecule has 0 aliphatic carbocycles. The first-order valence-corrected chi connectivity index (χ1v) is 7.56. The molecule has 0 spiro atoms. The predicted octanol–water partition coefficient (Wildman–Crippen LogP) is 0.429. The summed E-state index contributed by atoms with van der Waals surface area (Å²) in [4.78, 5) is 10.3. The van der Waals surface area contributed by atoms with Crippen molar-refractivity contribution in [3.63, 3.8) is 0 Å². The number of rotatable bonds is 8. The van der Waals surface area contributed by atoms with Crippen LogP contribution < -0.4 is 10.5 Å². The third-order valence-electron chi connectivity index (χ3n) is 2.62. The number of sulfonamides is 1. The lowest BCUT2D eigenvalue weighted by atomic mass is 10.1. The molecule has 6 nitrogen and oxygen atoms in total. The van der Waals surface area contributed by atoms with Crippen molar-refractivity contribution in [1.82, 2.24) is 4.72 Å². The van der Waals surface area contributed by atoms with Gasteiger partial charge in [0.05, 0.1) is 5.75 Å². The second-order valence-electron chi connectivity index (χ2n) is 4.11. The number of nitrogens with one attached hydrogen (secondary N) is 1. The first kappa shape index (κ1) is 15.6. The molecule has 0 bridgehead atoms. The summed E-state index contributed by atoms with van der Waals surface area (Å²) in [6.45, 7) is 0.514. The number of aliphatic carboxylic acids is 1. The maximum Gasteiger partial charge on any atom is 0.303 e. The van der Waals surface area contributed by atoms with E-state index < -0.39 is 16.0 Å². The largest absolute Gasteiger partial charge is 0.481 e. The van der Waals surface area contributed by atoms with Gasteiger partial charge in [-0.2, -0.15) is 0 Å². The highest BCUT2D eigenvalue weighted by atomic mass is 32.2. The van der Waals surface area contributed by atoms with Crippen LogP contribution in [0.3, 0.4) is 0 Å². The molecule has 106 valence electrons. The van der Waals surface area contributed by atoms with E-state index in [1.807, 2.05) is 24.3 Å². The van der Waals surface area contributed by atoms with E-state index in [-0.39, 0.29) is 25.1 Å². The van der Waals surface area contributed by atoms with E-state index in [1.54, 1.807) is 0 Å². The molecule has 19 heavy (non-hydrogen) atoms. The Balaban J connectivity index is 2.53. The van der Waals surface area contributed by atoms with Crippen molar-refractivity contribution in [2.45, 2.75) is 25.9 Å².